The van der Waals surface area contributed by atoms with Crippen molar-refractivity contribution < 1.29 is 16.8 Å². The van der Waals surface area contributed by atoms with Crippen LogP contribution in [-0.2, 0) is 20.0 Å². The van der Waals surface area contributed by atoms with Crippen molar-refractivity contribution in [1.29, 1.82) is 0 Å². The van der Waals surface area contributed by atoms with E-state index in [1.165, 1.54) is 28.6 Å². The molecule has 0 radical (unpaired) electrons. The van der Waals surface area contributed by atoms with Gasteiger partial charge in [-0.2, -0.15) is 4.31 Å². The molecule has 2 rings (SSSR count). The Hall–Kier alpha value is -1.00. The summed E-state index contributed by atoms with van der Waals surface area (Å²) < 4.78 is 53.5. The number of nitrogens with one attached hydrogen (secondary N) is 1. The van der Waals surface area contributed by atoms with Crippen molar-refractivity contribution in [3.8, 4) is 0 Å². The third kappa shape index (κ3) is 4.51. The van der Waals surface area contributed by atoms with E-state index >= 15 is 0 Å². The Balaban J connectivity index is 2.31. The molecule has 0 bridgehead atoms. The van der Waals surface area contributed by atoms with Crippen LogP contribution in [0.3, 0.4) is 0 Å². The molecular weight excluding hydrogens is 338 g/mol. The topological polar surface area (TPSA) is 110 Å². The highest BCUT2D eigenvalue weighted by Crippen LogP contribution is 2.22. The summed E-state index contributed by atoms with van der Waals surface area (Å²) in [5.41, 5.74) is 5.30. The summed E-state index contributed by atoms with van der Waals surface area (Å²) in [7, 11) is -7.43. The largest absolute Gasteiger partial charge is 0.329 e. The summed E-state index contributed by atoms with van der Waals surface area (Å²) in [6.07, 6.45) is 3.69. The van der Waals surface area contributed by atoms with E-state index in [1.807, 2.05) is 0 Å². The molecule has 0 aromatic heterocycles. The molecule has 1 aliphatic rings. The zero-order valence-corrected chi connectivity index (χ0v) is 14.6. The molecule has 1 fully saturated rings. The van der Waals surface area contributed by atoms with E-state index in [-0.39, 0.29) is 22.9 Å². The number of benzene rings is 1. The highest BCUT2D eigenvalue weighted by molar-refractivity contribution is 7.90. The van der Waals surface area contributed by atoms with Gasteiger partial charge < -0.3 is 5.73 Å². The van der Waals surface area contributed by atoms with Crippen LogP contribution in [0, 0.1) is 0 Å². The Labute approximate surface area is 138 Å². The number of nitrogens with zero attached hydrogens (tertiary/aromatic N) is 1. The maximum absolute atomic E-state index is 12.7. The fourth-order valence-corrected chi connectivity index (χ4v) is 5.24. The molecule has 0 aliphatic carbocycles. The van der Waals surface area contributed by atoms with Crippen LogP contribution in [0.2, 0.25) is 0 Å². The first-order chi connectivity index (χ1) is 10.9. The lowest BCUT2D eigenvalue weighted by Gasteiger charge is -2.20. The molecule has 9 heteroatoms. The minimum absolute atomic E-state index is 0.00928. The van der Waals surface area contributed by atoms with Crippen molar-refractivity contribution in [2.75, 3.05) is 26.2 Å². The quantitative estimate of drug-likeness (QED) is 0.766. The predicted molar refractivity (Wildman–Crippen MR) is 87.9 cm³/mol. The summed E-state index contributed by atoms with van der Waals surface area (Å²) in [4.78, 5) is -0.0585. The van der Waals surface area contributed by atoms with Gasteiger partial charge in [-0.25, -0.2) is 21.6 Å². The van der Waals surface area contributed by atoms with Crippen molar-refractivity contribution in [1.82, 2.24) is 9.03 Å². The molecule has 23 heavy (non-hydrogen) atoms. The molecule has 1 aliphatic heterocycles. The van der Waals surface area contributed by atoms with Crippen LogP contribution in [0.15, 0.2) is 34.1 Å². The first kappa shape index (κ1) is 18.3. The summed E-state index contributed by atoms with van der Waals surface area (Å²) in [5.74, 6) is 0. The minimum Gasteiger partial charge on any atom is -0.329 e. The first-order valence-corrected chi connectivity index (χ1v) is 10.6. The van der Waals surface area contributed by atoms with Gasteiger partial charge in [0.15, 0.2) is 0 Å². The van der Waals surface area contributed by atoms with Gasteiger partial charge in [0, 0.05) is 26.2 Å². The lowest BCUT2D eigenvalue weighted by Crippen LogP contribution is -2.32. The summed E-state index contributed by atoms with van der Waals surface area (Å²) in [6.45, 7) is 1.23. The van der Waals surface area contributed by atoms with Gasteiger partial charge in [-0.05, 0) is 31.0 Å². The second-order valence-electron chi connectivity index (χ2n) is 5.48. The van der Waals surface area contributed by atoms with Gasteiger partial charge in [-0.15, -0.1) is 0 Å². The molecule has 3 N–H and O–H groups in total. The van der Waals surface area contributed by atoms with Crippen molar-refractivity contribution in [3.63, 3.8) is 0 Å². The van der Waals surface area contributed by atoms with Crippen LogP contribution in [0.25, 0.3) is 0 Å². The van der Waals surface area contributed by atoms with Crippen LogP contribution in [0.5, 0.6) is 0 Å². The number of sulfonamides is 2. The van der Waals surface area contributed by atoms with Gasteiger partial charge in [0.2, 0.25) is 20.0 Å². The molecule has 0 spiro atoms. The molecule has 1 aromatic rings. The van der Waals surface area contributed by atoms with Crippen LogP contribution in [0.1, 0.15) is 25.7 Å². The summed E-state index contributed by atoms with van der Waals surface area (Å²) in [6, 6.07) is 5.46. The van der Waals surface area contributed by atoms with Gasteiger partial charge >= 0.3 is 0 Å². The third-order valence-electron chi connectivity index (χ3n) is 3.76. The second kappa shape index (κ2) is 7.71. The molecular formula is C14H23N3O4S2. The zero-order valence-electron chi connectivity index (χ0n) is 12.9. The Morgan fingerprint density at radius 2 is 1.61 bits per heavy atom. The Morgan fingerprint density at radius 3 is 2.22 bits per heavy atom. The average Bonchev–Trinajstić information content (AvgIpc) is 2.83. The van der Waals surface area contributed by atoms with E-state index < -0.39 is 20.0 Å². The van der Waals surface area contributed by atoms with E-state index in [1.54, 1.807) is 0 Å². The number of hydrogen-bond donors (Lipinski definition) is 2. The first-order valence-electron chi connectivity index (χ1n) is 7.68. The highest BCUT2D eigenvalue weighted by Gasteiger charge is 2.26. The lowest BCUT2D eigenvalue weighted by molar-refractivity contribution is 0.423. The smallest absolute Gasteiger partial charge is 0.243 e. The van der Waals surface area contributed by atoms with Gasteiger partial charge in [0.05, 0.1) is 9.79 Å². The van der Waals surface area contributed by atoms with E-state index in [9.17, 15) is 16.8 Å². The molecule has 0 saturated carbocycles. The van der Waals surface area contributed by atoms with E-state index in [0.29, 0.717) is 13.1 Å². The molecule has 1 saturated heterocycles. The SMILES string of the molecule is NCCNS(=O)(=O)c1cccc(S(=O)(=O)N2CCCCCC2)c1. The summed E-state index contributed by atoms with van der Waals surface area (Å²) in [5, 5.41) is 0. The Morgan fingerprint density at radius 1 is 1.00 bits per heavy atom. The molecule has 0 amide bonds. The predicted octanol–water partition coefficient (Wildman–Crippen LogP) is 0.488. The Bertz CT molecular complexity index is 724. The van der Waals surface area contributed by atoms with Crippen molar-refractivity contribution >= 4 is 20.0 Å². The monoisotopic (exact) mass is 361 g/mol. The molecule has 1 heterocycles. The van der Waals surface area contributed by atoms with Crippen LogP contribution in [-0.4, -0.2) is 47.3 Å². The zero-order chi connectivity index (χ0) is 16.9. The van der Waals surface area contributed by atoms with Crippen LogP contribution in [0.4, 0.5) is 0 Å². The molecule has 0 unspecified atom stereocenters. The van der Waals surface area contributed by atoms with E-state index in [4.69, 9.17) is 5.73 Å². The maximum atomic E-state index is 12.7. The fourth-order valence-electron chi connectivity index (χ4n) is 2.51. The number of rotatable bonds is 6. The van der Waals surface area contributed by atoms with Crippen molar-refractivity contribution in [3.05, 3.63) is 24.3 Å². The highest BCUT2D eigenvalue weighted by atomic mass is 32.2. The van der Waals surface area contributed by atoms with Crippen LogP contribution < -0.4 is 10.5 Å². The maximum Gasteiger partial charge on any atom is 0.243 e. The standard InChI is InChI=1S/C14H23N3O4S2/c15-8-9-16-22(18,19)13-6-5-7-14(12-13)23(20,21)17-10-3-1-2-4-11-17/h5-7,12,16H,1-4,8-11,15H2. The minimum atomic E-state index is -3.76. The molecule has 1 aromatic carbocycles. The Kier molecular flexibility index (Phi) is 6.15. The van der Waals surface area contributed by atoms with Crippen molar-refractivity contribution in [2.24, 2.45) is 5.73 Å². The van der Waals surface area contributed by atoms with E-state index in [0.717, 1.165) is 25.7 Å². The molecule has 130 valence electrons. The lowest BCUT2D eigenvalue weighted by atomic mass is 10.2. The average molecular weight is 361 g/mol. The van der Waals surface area contributed by atoms with Gasteiger partial charge in [0.25, 0.3) is 0 Å². The van der Waals surface area contributed by atoms with E-state index in [2.05, 4.69) is 4.72 Å². The van der Waals surface area contributed by atoms with Gasteiger partial charge in [0.1, 0.15) is 0 Å². The summed E-state index contributed by atoms with van der Waals surface area (Å²) >= 11 is 0. The van der Waals surface area contributed by atoms with Crippen LogP contribution >= 0.6 is 0 Å². The number of nitrogens with two attached hydrogens (primary N) is 1. The fraction of sp³-hybridized carbons (Fsp3) is 0.571. The molecule has 7 nitrogen and oxygen atoms in total. The third-order valence-corrected chi connectivity index (χ3v) is 7.11. The molecule has 0 atom stereocenters. The van der Waals surface area contributed by atoms with Crippen molar-refractivity contribution in [2.45, 2.75) is 35.5 Å². The van der Waals surface area contributed by atoms with Gasteiger partial charge in [-0.1, -0.05) is 18.9 Å². The second-order valence-corrected chi connectivity index (χ2v) is 9.18. The normalized spacial score (nSPS) is 17.8. The number of hydrogen-bond acceptors (Lipinski definition) is 5. The van der Waals surface area contributed by atoms with Gasteiger partial charge in [-0.3, -0.25) is 0 Å².